The van der Waals surface area contributed by atoms with E-state index < -0.39 is 5.97 Å². The summed E-state index contributed by atoms with van der Waals surface area (Å²) in [4.78, 5) is 10.7. The number of carboxylic acids is 1. The average Bonchev–Trinajstić information content (AvgIpc) is 2.80. The number of rotatable bonds is 5. The van der Waals surface area contributed by atoms with Gasteiger partial charge in [0.2, 0.25) is 0 Å². The molecule has 0 aliphatic heterocycles. The normalized spacial score (nSPS) is 10.1. The van der Waals surface area contributed by atoms with Gasteiger partial charge in [0.15, 0.2) is 0 Å². The van der Waals surface area contributed by atoms with Crippen LogP contribution in [-0.2, 0) is 17.8 Å². The summed E-state index contributed by atoms with van der Waals surface area (Å²) in [6.45, 7) is 0.306. The average molecular weight is 233 g/mol. The van der Waals surface area contributed by atoms with Crippen LogP contribution >= 0.6 is 0 Å². The van der Waals surface area contributed by atoms with Crippen LogP contribution in [0.3, 0.4) is 0 Å². The van der Waals surface area contributed by atoms with Crippen molar-refractivity contribution in [3.05, 3.63) is 47.9 Å². The number of ether oxygens (including phenoxy) is 1. The minimum atomic E-state index is -0.883. The molecule has 0 atom stereocenters. The summed E-state index contributed by atoms with van der Waals surface area (Å²) in [5.41, 5.74) is 1.45. The summed E-state index contributed by atoms with van der Waals surface area (Å²) in [6.07, 6.45) is 2.99. The molecule has 88 valence electrons. The molecule has 1 N–H and O–H groups in total. The number of hydrogen-bond acceptors (Lipinski definition) is 4. The van der Waals surface area contributed by atoms with Crippen molar-refractivity contribution >= 4 is 5.97 Å². The first kappa shape index (κ1) is 11.2. The van der Waals surface area contributed by atoms with Gasteiger partial charge in [0.05, 0.1) is 12.6 Å². The van der Waals surface area contributed by atoms with Crippen molar-refractivity contribution in [3.63, 3.8) is 0 Å². The summed E-state index contributed by atoms with van der Waals surface area (Å²) in [5, 5.41) is 12.3. The standard InChI is InChI=1S/C12H11NO4/c14-12(15)5-10-3-1-2-4-11(10)16-7-9-6-13-17-8-9/h1-4,6,8H,5,7H2,(H,14,15). The third-order valence-corrected chi connectivity index (χ3v) is 2.19. The number of hydrogen-bond donors (Lipinski definition) is 1. The number of nitrogens with zero attached hydrogens (tertiary/aromatic N) is 1. The van der Waals surface area contributed by atoms with Gasteiger partial charge in [-0.3, -0.25) is 4.79 Å². The van der Waals surface area contributed by atoms with E-state index in [0.717, 1.165) is 5.56 Å². The first-order valence-corrected chi connectivity index (χ1v) is 5.06. The van der Waals surface area contributed by atoms with Crippen molar-refractivity contribution in [2.24, 2.45) is 0 Å². The molecule has 0 radical (unpaired) electrons. The molecule has 0 fully saturated rings. The van der Waals surface area contributed by atoms with Gasteiger partial charge in [-0.15, -0.1) is 0 Å². The summed E-state index contributed by atoms with van der Waals surface area (Å²) in [6, 6.07) is 7.06. The molecule has 0 aliphatic rings. The summed E-state index contributed by atoms with van der Waals surface area (Å²) >= 11 is 0. The fourth-order valence-corrected chi connectivity index (χ4v) is 1.41. The number of aromatic nitrogens is 1. The van der Waals surface area contributed by atoms with E-state index in [0.29, 0.717) is 17.9 Å². The molecule has 5 nitrogen and oxygen atoms in total. The van der Waals surface area contributed by atoms with Crippen molar-refractivity contribution in [1.29, 1.82) is 0 Å². The zero-order valence-electron chi connectivity index (χ0n) is 9.00. The Bertz CT molecular complexity index is 493. The number of carboxylic acid groups (broad SMARTS) is 1. The lowest BCUT2D eigenvalue weighted by molar-refractivity contribution is -0.136. The van der Waals surface area contributed by atoms with E-state index in [1.165, 1.54) is 6.26 Å². The minimum Gasteiger partial charge on any atom is -0.488 e. The van der Waals surface area contributed by atoms with Crippen molar-refractivity contribution in [3.8, 4) is 5.75 Å². The number of benzene rings is 1. The predicted molar refractivity (Wildman–Crippen MR) is 58.6 cm³/mol. The van der Waals surface area contributed by atoms with Crippen molar-refractivity contribution in [2.45, 2.75) is 13.0 Å². The third kappa shape index (κ3) is 3.07. The Labute approximate surface area is 97.6 Å². The molecule has 2 rings (SSSR count). The highest BCUT2D eigenvalue weighted by atomic mass is 16.5. The second-order valence-corrected chi connectivity index (χ2v) is 3.50. The highest BCUT2D eigenvalue weighted by Crippen LogP contribution is 2.19. The maximum absolute atomic E-state index is 10.7. The summed E-state index contributed by atoms with van der Waals surface area (Å²) in [7, 11) is 0. The first-order valence-electron chi connectivity index (χ1n) is 5.06. The van der Waals surface area contributed by atoms with Gasteiger partial charge in [-0.1, -0.05) is 23.4 Å². The summed E-state index contributed by atoms with van der Waals surface area (Å²) < 4.78 is 10.2. The van der Waals surface area contributed by atoms with Crippen molar-refractivity contribution in [2.75, 3.05) is 0 Å². The minimum absolute atomic E-state index is 0.0557. The van der Waals surface area contributed by atoms with E-state index >= 15 is 0 Å². The molecular formula is C12H11NO4. The van der Waals surface area contributed by atoms with Gasteiger partial charge < -0.3 is 14.4 Å². The van der Waals surface area contributed by atoms with Crippen LogP contribution in [0.2, 0.25) is 0 Å². The molecule has 5 heteroatoms. The Balaban J connectivity index is 2.06. The Morgan fingerprint density at radius 1 is 1.41 bits per heavy atom. The Hall–Kier alpha value is -2.30. The van der Waals surface area contributed by atoms with Gasteiger partial charge in [-0.25, -0.2) is 0 Å². The number of aliphatic carboxylic acids is 1. The van der Waals surface area contributed by atoms with Crippen LogP contribution in [0.1, 0.15) is 11.1 Å². The fraction of sp³-hybridized carbons (Fsp3) is 0.167. The highest BCUT2D eigenvalue weighted by Gasteiger charge is 2.07. The lowest BCUT2D eigenvalue weighted by atomic mass is 10.1. The van der Waals surface area contributed by atoms with Gasteiger partial charge >= 0.3 is 5.97 Å². The zero-order chi connectivity index (χ0) is 12.1. The molecule has 2 aromatic rings. The van der Waals surface area contributed by atoms with Crippen molar-refractivity contribution in [1.82, 2.24) is 5.16 Å². The second-order valence-electron chi connectivity index (χ2n) is 3.50. The van der Waals surface area contributed by atoms with E-state index in [1.807, 2.05) is 0 Å². The monoisotopic (exact) mass is 233 g/mol. The van der Waals surface area contributed by atoms with Crippen LogP contribution < -0.4 is 4.74 Å². The van der Waals surface area contributed by atoms with Crippen LogP contribution in [0, 0.1) is 0 Å². The van der Waals surface area contributed by atoms with Crippen LogP contribution in [0.4, 0.5) is 0 Å². The van der Waals surface area contributed by atoms with Gasteiger partial charge in [0, 0.05) is 11.1 Å². The Morgan fingerprint density at radius 2 is 2.24 bits per heavy atom. The van der Waals surface area contributed by atoms with Crippen LogP contribution in [0.15, 0.2) is 41.2 Å². The molecule has 0 saturated carbocycles. The summed E-state index contributed by atoms with van der Waals surface area (Å²) in [5.74, 6) is -0.317. The molecule has 17 heavy (non-hydrogen) atoms. The van der Waals surface area contributed by atoms with Crippen LogP contribution in [0.5, 0.6) is 5.75 Å². The molecule has 0 bridgehead atoms. The molecule has 0 unspecified atom stereocenters. The molecule has 0 saturated heterocycles. The number of para-hydroxylation sites is 1. The highest BCUT2D eigenvalue weighted by molar-refractivity contribution is 5.71. The Kier molecular flexibility index (Phi) is 3.40. The maximum atomic E-state index is 10.7. The maximum Gasteiger partial charge on any atom is 0.307 e. The van der Waals surface area contributed by atoms with E-state index in [9.17, 15) is 4.79 Å². The van der Waals surface area contributed by atoms with Gasteiger partial charge in [-0.05, 0) is 6.07 Å². The van der Waals surface area contributed by atoms with Gasteiger partial charge in [-0.2, -0.15) is 0 Å². The molecular weight excluding hydrogens is 222 g/mol. The lowest BCUT2D eigenvalue weighted by Gasteiger charge is -2.08. The van der Waals surface area contributed by atoms with Crippen LogP contribution in [-0.4, -0.2) is 16.2 Å². The Morgan fingerprint density at radius 3 is 2.94 bits per heavy atom. The molecule has 1 heterocycles. The molecule has 1 aromatic carbocycles. The smallest absolute Gasteiger partial charge is 0.307 e. The van der Waals surface area contributed by atoms with Gasteiger partial charge in [0.1, 0.15) is 18.6 Å². The first-order chi connectivity index (χ1) is 8.25. The van der Waals surface area contributed by atoms with E-state index in [-0.39, 0.29) is 6.42 Å². The second kappa shape index (κ2) is 5.16. The zero-order valence-corrected chi connectivity index (χ0v) is 9.00. The quantitative estimate of drug-likeness (QED) is 0.853. The van der Waals surface area contributed by atoms with Gasteiger partial charge in [0.25, 0.3) is 0 Å². The third-order valence-electron chi connectivity index (χ3n) is 2.19. The predicted octanol–water partition coefficient (Wildman–Crippen LogP) is 1.88. The van der Waals surface area contributed by atoms with E-state index in [2.05, 4.69) is 9.68 Å². The number of carbonyl (C=O) groups is 1. The van der Waals surface area contributed by atoms with Crippen LogP contribution in [0.25, 0.3) is 0 Å². The lowest BCUT2D eigenvalue weighted by Crippen LogP contribution is -2.03. The molecule has 0 amide bonds. The van der Waals surface area contributed by atoms with E-state index in [1.54, 1.807) is 30.5 Å². The molecule has 0 aliphatic carbocycles. The topological polar surface area (TPSA) is 72.6 Å². The largest absolute Gasteiger partial charge is 0.488 e. The molecule has 1 aromatic heterocycles. The SMILES string of the molecule is O=C(O)Cc1ccccc1OCc1cnoc1. The molecule has 0 spiro atoms. The van der Waals surface area contributed by atoms with Crippen molar-refractivity contribution < 1.29 is 19.2 Å². The van der Waals surface area contributed by atoms with E-state index in [4.69, 9.17) is 9.84 Å². The fourth-order valence-electron chi connectivity index (χ4n) is 1.41.